The van der Waals surface area contributed by atoms with Gasteiger partial charge in [0, 0.05) is 17.1 Å². The van der Waals surface area contributed by atoms with Crippen molar-refractivity contribution in [1.29, 1.82) is 0 Å². The number of benzene rings is 9. The largest absolute Gasteiger partial charge is 0.310 e. The van der Waals surface area contributed by atoms with Crippen LogP contribution in [0.5, 0.6) is 0 Å². The van der Waals surface area contributed by atoms with Gasteiger partial charge in [0.05, 0.1) is 5.41 Å². The van der Waals surface area contributed by atoms with E-state index in [-0.39, 0.29) is 0 Å². The van der Waals surface area contributed by atoms with Gasteiger partial charge >= 0.3 is 0 Å². The van der Waals surface area contributed by atoms with Crippen LogP contribution in [0, 0.1) is 0 Å². The van der Waals surface area contributed by atoms with Crippen LogP contribution in [0.2, 0.25) is 0 Å². The van der Waals surface area contributed by atoms with E-state index in [9.17, 15) is 0 Å². The van der Waals surface area contributed by atoms with Gasteiger partial charge in [-0.25, -0.2) is 0 Å². The van der Waals surface area contributed by atoms with Crippen LogP contribution in [0.15, 0.2) is 200 Å². The molecule has 0 amide bonds. The van der Waals surface area contributed by atoms with E-state index in [1.165, 1.54) is 65.7 Å². The number of fused-ring (bicyclic) bond motifs is 9. The van der Waals surface area contributed by atoms with Gasteiger partial charge in [-0.05, 0) is 102 Å². The summed E-state index contributed by atoms with van der Waals surface area (Å²) >= 11 is 0. The van der Waals surface area contributed by atoms with E-state index in [0.29, 0.717) is 0 Å². The summed E-state index contributed by atoms with van der Waals surface area (Å²) in [6.07, 6.45) is 0. The molecule has 0 unspecified atom stereocenters. The molecule has 0 atom stereocenters. The van der Waals surface area contributed by atoms with E-state index in [2.05, 4.69) is 205 Å². The molecule has 0 radical (unpaired) electrons. The van der Waals surface area contributed by atoms with Gasteiger partial charge in [-0.3, -0.25) is 0 Å². The highest BCUT2D eigenvalue weighted by Gasteiger charge is 2.46. The molecule has 50 heavy (non-hydrogen) atoms. The number of hydrogen-bond donors (Lipinski definition) is 0. The van der Waals surface area contributed by atoms with Crippen LogP contribution >= 0.6 is 0 Å². The van der Waals surface area contributed by atoms with Crippen LogP contribution in [0.1, 0.15) is 22.3 Å². The summed E-state index contributed by atoms with van der Waals surface area (Å²) in [4.78, 5) is 2.42. The van der Waals surface area contributed by atoms with Crippen LogP contribution in [0.4, 0.5) is 17.1 Å². The summed E-state index contributed by atoms with van der Waals surface area (Å²) in [6.45, 7) is 0. The Hall–Kier alpha value is -6.44. The molecular formula is C49H33N. The van der Waals surface area contributed by atoms with Crippen molar-refractivity contribution in [2.75, 3.05) is 4.90 Å². The fourth-order valence-corrected chi connectivity index (χ4v) is 8.63. The lowest BCUT2D eigenvalue weighted by molar-refractivity contribution is 0.768. The Balaban J connectivity index is 1.26. The number of anilines is 3. The van der Waals surface area contributed by atoms with Gasteiger partial charge in [-0.15, -0.1) is 0 Å². The Kier molecular flexibility index (Phi) is 6.47. The predicted molar refractivity (Wildman–Crippen MR) is 211 cm³/mol. The zero-order chi connectivity index (χ0) is 33.1. The second-order valence-electron chi connectivity index (χ2n) is 13.2. The van der Waals surface area contributed by atoms with E-state index in [0.717, 1.165) is 17.1 Å². The fraction of sp³-hybridized carbons (Fsp3) is 0.0204. The minimum absolute atomic E-state index is 0.467. The lowest BCUT2D eigenvalue weighted by Crippen LogP contribution is -2.28. The maximum Gasteiger partial charge on any atom is 0.0714 e. The summed E-state index contributed by atoms with van der Waals surface area (Å²) < 4.78 is 0. The number of hydrogen-bond acceptors (Lipinski definition) is 1. The molecule has 1 aliphatic rings. The van der Waals surface area contributed by atoms with Gasteiger partial charge in [0.2, 0.25) is 0 Å². The first kappa shape index (κ1) is 28.6. The molecule has 9 aromatic carbocycles. The third kappa shape index (κ3) is 4.14. The van der Waals surface area contributed by atoms with Crippen molar-refractivity contribution in [3.63, 3.8) is 0 Å². The molecule has 0 saturated heterocycles. The summed E-state index contributed by atoms with van der Waals surface area (Å²) in [5.74, 6) is 0. The van der Waals surface area contributed by atoms with Crippen LogP contribution in [0.25, 0.3) is 43.4 Å². The lowest BCUT2D eigenvalue weighted by atomic mass is 9.67. The minimum Gasteiger partial charge on any atom is -0.310 e. The molecule has 0 heterocycles. The standard InChI is InChI=1S/C49H33N/c1-4-16-34(17-5-1)49(35-18-6-2-7-19-35)47-27-15-14-26-44(47)45-31-29-38(33-48(45)49)50(36-20-8-3-9-21-36)37-28-30-43-41-24-11-10-22-39(41)40-23-12-13-25-42(40)46(43)32-37/h1-33H. The molecule has 0 spiro atoms. The van der Waals surface area contributed by atoms with Gasteiger partial charge in [0.25, 0.3) is 0 Å². The van der Waals surface area contributed by atoms with E-state index in [1.807, 2.05) is 0 Å². The Bertz CT molecular complexity index is 2620. The summed E-state index contributed by atoms with van der Waals surface area (Å²) in [5, 5.41) is 7.66. The molecule has 0 N–H and O–H groups in total. The highest BCUT2D eigenvalue weighted by molar-refractivity contribution is 6.25. The monoisotopic (exact) mass is 635 g/mol. The van der Waals surface area contributed by atoms with Gasteiger partial charge in [0.1, 0.15) is 0 Å². The molecule has 9 aromatic rings. The van der Waals surface area contributed by atoms with Gasteiger partial charge in [-0.1, -0.05) is 164 Å². The SMILES string of the molecule is c1ccc(N(c2ccc3c(c2)C(c2ccccc2)(c2ccccc2)c2ccccc2-3)c2ccc3c4ccccc4c4ccccc4c3c2)cc1. The second-order valence-corrected chi connectivity index (χ2v) is 13.2. The second kappa shape index (κ2) is 11.3. The molecule has 0 aromatic heterocycles. The third-order valence-electron chi connectivity index (χ3n) is 10.7. The topological polar surface area (TPSA) is 3.24 Å². The first-order valence-electron chi connectivity index (χ1n) is 17.4. The van der Waals surface area contributed by atoms with Crippen molar-refractivity contribution in [3.8, 4) is 11.1 Å². The van der Waals surface area contributed by atoms with Crippen molar-refractivity contribution < 1.29 is 0 Å². The quantitative estimate of drug-likeness (QED) is 0.170. The molecule has 0 saturated carbocycles. The summed E-state index contributed by atoms with van der Waals surface area (Å²) in [6, 6.07) is 73.5. The van der Waals surface area contributed by atoms with Crippen LogP contribution in [0.3, 0.4) is 0 Å². The molecule has 0 aliphatic heterocycles. The zero-order valence-electron chi connectivity index (χ0n) is 27.5. The average Bonchev–Trinajstić information content (AvgIpc) is 3.50. The van der Waals surface area contributed by atoms with E-state index in [1.54, 1.807) is 0 Å². The van der Waals surface area contributed by atoms with E-state index in [4.69, 9.17) is 0 Å². The smallest absolute Gasteiger partial charge is 0.0714 e. The zero-order valence-corrected chi connectivity index (χ0v) is 27.5. The van der Waals surface area contributed by atoms with Gasteiger partial charge in [0.15, 0.2) is 0 Å². The van der Waals surface area contributed by atoms with Gasteiger partial charge < -0.3 is 4.90 Å². The predicted octanol–water partition coefficient (Wildman–Crippen LogP) is 13.0. The van der Waals surface area contributed by atoms with Crippen LogP contribution < -0.4 is 4.90 Å². The Labute approximate surface area is 292 Å². The molecule has 1 aliphatic carbocycles. The van der Waals surface area contributed by atoms with Gasteiger partial charge in [-0.2, -0.15) is 0 Å². The molecule has 0 fully saturated rings. The average molecular weight is 636 g/mol. The minimum atomic E-state index is -0.467. The number of rotatable bonds is 5. The lowest BCUT2D eigenvalue weighted by Gasteiger charge is -2.35. The Morgan fingerprint density at radius 3 is 1.34 bits per heavy atom. The Morgan fingerprint density at radius 2 is 0.720 bits per heavy atom. The number of nitrogens with zero attached hydrogens (tertiary/aromatic N) is 1. The summed E-state index contributed by atoms with van der Waals surface area (Å²) in [5.41, 5.74) is 10.6. The van der Waals surface area contributed by atoms with E-state index < -0.39 is 5.41 Å². The summed E-state index contributed by atoms with van der Waals surface area (Å²) in [7, 11) is 0. The first-order valence-corrected chi connectivity index (χ1v) is 17.4. The normalized spacial score (nSPS) is 13.0. The van der Waals surface area contributed by atoms with Crippen molar-refractivity contribution in [2.24, 2.45) is 0 Å². The van der Waals surface area contributed by atoms with Crippen molar-refractivity contribution in [1.82, 2.24) is 0 Å². The maximum atomic E-state index is 2.45. The maximum absolute atomic E-state index is 2.45. The third-order valence-corrected chi connectivity index (χ3v) is 10.7. The van der Waals surface area contributed by atoms with Crippen LogP contribution in [-0.2, 0) is 5.41 Å². The van der Waals surface area contributed by atoms with E-state index >= 15 is 0 Å². The Morgan fingerprint density at radius 1 is 0.280 bits per heavy atom. The molecular weight excluding hydrogens is 603 g/mol. The van der Waals surface area contributed by atoms with Crippen molar-refractivity contribution in [3.05, 3.63) is 222 Å². The highest BCUT2D eigenvalue weighted by Crippen LogP contribution is 2.57. The molecule has 0 bridgehead atoms. The molecule has 10 rings (SSSR count). The first-order chi connectivity index (χ1) is 24.8. The molecule has 1 heteroatoms. The molecule has 234 valence electrons. The van der Waals surface area contributed by atoms with Crippen molar-refractivity contribution in [2.45, 2.75) is 5.41 Å². The fourth-order valence-electron chi connectivity index (χ4n) is 8.63. The molecule has 1 nitrogen and oxygen atoms in total. The number of para-hydroxylation sites is 1. The highest BCUT2D eigenvalue weighted by atomic mass is 15.1. The van der Waals surface area contributed by atoms with Crippen LogP contribution in [-0.4, -0.2) is 0 Å². The van der Waals surface area contributed by atoms with Crippen molar-refractivity contribution >= 4 is 49.4 Å².